The molecule has 1 amide bonds. The minimum absolute atomic E-state index is 0.296. The molecular formula is C24H32FN3O4. The van der Waals surface area contributed by atoms with Crippen LogP contribution in [0.3, 0.4) is 0 Å². The smallest absolute Gasteiger partial charge is 0.255 e. The van der Waals surface area contributed by atoms with Gasteiger partial charge in [-0.3, -0.25) is 4.79 Å². The van der Waals surface area contributed by atoms with Crippen LogP contribution in [0.2, 0.25) is 0 Å². The summed E-state index contributed by atoms with van der Waals surface area (Å²) in [6.07, 6.45) is 0. The van der Waals surface area contributed by atoms with Crippen LogP contribution in [0.1, 0.15) is 36.7 Å². The van der Waals surface area contributed by atoms with Crippen molar-refractivity contribution in [3.8, 4) is 11.3 Å². The Morgan fingerprint density at radius 2 is 1.69 bits per heavy atom. The van der Waals surface area contributed by atoms with E-state index in [1.165, 1.54) is 12.1 Å². The molecule has 8 heteroatoms. The Hall–Kier alpha value is -3.52. The zero-order valence-corrected chi connectivity index (χ0v) is 19.7. The summed E-state index contributed by atoms with van der Waals surface area (Å²) in [5, 5.41) is 10.2. The Balaban J connectivity index is 0.00000148. The molecule has 3 rings (SSSR count). The van der Waals surface area contributed by atoms with Gasteiger partial charge in [-0.1, -0.05) is 20.4 Å². The topological polar surface area (TPSA) is 95.7 Å². The predicted molar refractivity (Wildman–Crippen MR) is 128 cm³/mol. The molecule has 0 radical (unpaired) electrons. The van der Waals surface area contributed by atoms with Crippen molar-refractivity contribution in [3.63, 3.8) is 0 Å². The van der Waals surface area contributed by atoms with Crippen LogP contribution in [0, 0.1) is 5.82 Å². The number of anilines is 1. The maximum atomic E-state index is 13.3. The van der Waals surface area contributed by atoms with E-state index in [0.717, 1.165) is 18.2 Å². The first-order valence-corrected chi connectivity index (χ1v) is 9.85. The van der Waals surface area contributed by atoms with E-state index in [1.807, 2.05) is 52.6 Å². The number of carbonyl (C=O) groups excluding carboxylic acids is 2. The molecule has 0 bridgehead atoms. The number of rotatable bonds is 4. The van der Waals surface area contributed by atoms with Gasteiger partial charge in [0.1, 0.15) is 24.2 Å². The second kappa shape index (κ2) is 13.7. The van der Waals surface area contributed by atoms with E-state index >= 15 is 0 Å². The molecule has 0 aliphatic carbocycles. The molecule has 0 aliphatic rings. The van der Waals surface area contributed by atoms with Gasteiger partial charge >= 0.3 is 0 Å². The number of allylic oxidation sites excluding steroid dienone is 1. The van der Waals surface area contributed by atoms with Gasteiger partial charge in [0.25, 0.3) is 5.91 Å². The molecule has 7 nitrogen and oxygen atoms in total. The molecule has 0 fully saturated rings. The lowest BCUT2D eigenvalue weighted by Gasteiger charge is -2.16. The molecule has 2 aromatic heterocycles. The van der Waals surface area contributed by atoms with E-state index in [-0.39, 0.29) is 11.7 Å². The highest BCUT2D eigenvalue weighted by Crippen LogP contribution is 2.36. The van der Waals surface area contributed by atoms with Crippen molar-refractivity contribution in [1.29, 1.82) is 0 Å². The quantitative estimate of drug-likeness (QED) is 0.612. The summed E-state index contributed by atoms with van der Waals surface area (Å²) in [5.74, 6) is 0.405. The second-order valence-corrected chi connectivity index (χ2v) is 6.28. The fourth-order valence-corrected chi connectivity index (χ4v) is 2.82. The van der Waals surface area contributed by atoms with Gasteiger partial charge in [0.2, 0.25) is 5.71 Å². The third kappa shape index (κ3) is 6.24. The molecule has 0 atom stereocenters. The van der Waals surface area contributed by atoms with Crippen LogP contribution in [0.5, 0.6) is 0 Å². The van der Waals surface area contributed by atoms with Crippen LogP contribution in [0.15, 0.2) is 41.3 Å². The van der Waals surface area contributed by atoms with Crippen LogP contribution < -0.4 is 10.2 Å². The summed E-state index contributed by atoms with van der Waals surface area (Å²) < 4.78 is 19.2. The van der Waals surface area contributed by atoms with E-state index in [9.17, 15) is 9.18 Å². The fourth-order valence-electron chi connectivity index (χ4n) is 2.82. The highest BCUT2D eigenvalue weighted by Gasteiger charge is 2.24. The molecule has 0 saturated heterocycles. The maximum absolute atomic E-state index is 13.3. The Labute approximate surface area is 188 Å². The third-order valence-electron chi connectivity index (χ3n) is 4.11. The molecule has 2 heterocycles. The van der Waals surface area contributed by atoms with Gasteiger partial charge in [0.05, 0.1) is 10.9 Å². The summed E-state index contributed by atoms with van der Waals surface area (Å²) in [5.41, 5.74) is 2.98. The van der Waals surface area contributed by atoms with Crippen molar-refractivity contribution in [3.05, 3.63) is 53.9 Å². The van der Waals surface area contributed by atoms with Crippen molar-refractivity contribution in [2.24, 2.45) is 0 Å². The number of carbonyl (C=O) groups is 2. The molecule has 174 valence electrons. The summed E-state index contributed by atoms with van der Waals surface area (Å²) in [4.78, 5) is 27.0. The summed E-state index contributed by atoms with van der Waals surface area (Å²) in [7, 11) is 6.31. The fraction of sp³-hybridized carbons (Fsp3) is 0.292. The van der Waals surface area contributed by atoms with Crippen LogP contribution in [0.4, 0.5) is 10.2 Å². The van der Waals surface area contributed by atoms with Crippen LogP contribution in [-0.2, 0) is 4.79 Å². The number of aliphatic hydroxyl groups is 1. The average molecular weight is 446 g/mol. The summed E-state index contributed by atoms with van der Waals surface area (Å²) in [6, 6.07) is 7.67. The molecule has 32 heavy (non-hydrogen) atoms. The van der Waals surface area contributed by atoms with Gasteiger partial charge in [-0.25, -0.2) is 4.39 Å². The van der Waals surface area contributed by atoms with E-state index in [4.69, 9.17) is 14.3 Å². The molecule has 3 aromatic rings. The van der Waals surface area contributed by atoms with Gasteiger partial charge in [-0.2, -0.15) is 4.98 Å². The Morgan fingerprint density at radius 1 is 1.16 bits per heavy atom. The highest BCUT2D eigenvalue weighted by molar-refractivity contribution is 6.11. The minimum atomic E-state index is -0.357. The highest BCUT2D eigenvalue weighted by atomic mass is 19.1. The monoisotopic (exact) mass is 445 g/mol. The number of pyridine rings is 1. The predicted octanol–water partition coefficient (Wildman–Crippen LogP) is 4.54. The van der Waals surface area contributed by atoms with Crippen LogP contribution in [-0.4, -0.2) is 51.0 Å². The maximum Gasteiger partial charge on any atom is 0.255 e. The largest absolute Gasteiger partial charge is 0.437 e. The number of aromatic nitrogens is 1. The molecular weight excluding hydrogens is 413 g/mol. The van der Waals surface area contributed by atoms with Crippen molar-refractivity contribution >= 4 is 35.2 Å². The Morgan fingerprint density at radius 3 is 2.12 bits per heavy atom. The van der Waals surface area contributed by atoms with Crippen molar-refractivity contribution in [1.82, 2.24) is 10.3 Å². The summed E-state index contributed by atoms with van der Waals surface area (Å²) in [6.45, 7) is 11.9. The summed E-state index contributed by atoms with van der Waals surface area (Å²) >= 11 is 0. The first kappa shape index (κ1) is 28.5. The zero-order valence-electron chi connectivity index (χ0n) is 19.7. The molecule has 1 aromatic carbocycles. The molecule has 0 spiro atoms. The Kier molecular flexibility index (Phi) is 12.2. The van der Waals surface area contributed by atoms with Gasteiger partial charge in [0, 0.05) is 39.4 Å². The lowest BCUT2D eigenvalue weighted by Crippen LogP contribution is -2.18. The number of hydrogen-bond donors (Lipinski definition) is 2. The number of furan rings is 1. The SMILES string of the molecule is C=C(C)c1cc2c(C(=O)NC)c(-c3ccc(F)cc3)oc2nc1N(C)C.C=O.CC.CO. The average Bonchev–Trinajstić information content (AvgIpc) is 3.20. The van der Waals surface area contributed by atoms with Crippen molar-refractivity contribution in [2.45, 2.75) is 20.8 Å². The third-order valence-corrected chi connectivity index (χ3v) is 4.11. The molecule has 0 aliphatic heterocycles. The number of benzene rings is 1. The second-order valence-electron chi connectivity index (χ2n) is 6.28. The van der Waals surface area contributed by atoms with Gasteiger partial charge in [0.15, 0.2) is 0 Å². The standard InChI is InChI=1S/C20H20FN3O2.C2H6.CH4O.CH2O/c1-11(2)14-10-15-16(19(25)22-3)17(12-6-8-13(21)9-7-12)26-20(15)23-18(14)24(4)5;3*1-2/h6-10H,1H2,2-5H3,(H,22,25);1-2H3;2H,1H3;1H2. The number of aliphatic hydroxyl groups excluding tert-OH is 1. The first-order valence-electron chi connectivity index (χ1n) is 9.85. The van der Waals surface area contributed by atoms with E-state index < -0.39 is 0 Å². The lowest BCUT2D eigenvalue weighted by atomic mass is 10.0. The number of halogens is 1. The normalized spacial score (nSPS) is 9.28. The zero-order chi connectivity index (χ0) is 25.0. The van der Waals surface area contributed by atoms with E-state index in [0.29, 0.717) is 33.8 Å². The number of hydrogen-bond acceptors (Lipinski definition) is 6. The van der Waals surface area contributed by atoms with Gasteiger partial charge < -0.3 is 24.5 Å². The van der Waals surface area contributed by atoms with Crippen molar-refractivity contribution < 1.29 is 23.5 Å². The van der Waals surface area contributed by atoms with Gasteiger partial charge in [-0.15, -0.1) is 0 Å². The Bertz CT molecular complexity index is 1030. The number of fused-ring (bicyclic) bond motifs is 1. The van der Waals surface area contributed by atoms with E-state index in [1.54, 1.807) is 19.2 Å². The van der Waals surface area contributed by atoms with E-state index in [2.05, 4.69) is 16.9 Å². The lowest BCUT2D eigenvalue weighted by molar-refractivity contribution is -0.0980. The number of amides is 1. The molecule has 2 N–H and O–H groups in total. The van der Waals surface area contributed by atoms with Crippen molar-refractivity contribution in [2.75, 3.05) is 33.2 Å². The number of nitrogens with zero attached hydrogens (tertiary/aromatic N) is 2. The van der Waals surface area contributed by atoms with Gasteiger partial charge in [-0.05, 0) is 42.8 Å². The number of nitrogens with one attached hydrogen (secondary N) is 1. The minimum Gasteiger partial charge on any atom is -0.437 e. The molecule has 0 unspecified atom stereocenters. The first-order chi connectivity index (χ1) is 15.3. The van der Waals surface area contributed by atoms with Crippen LogP contribution in [0.25, 0.3) is 28.0 Å². The van der Waals surface area contributed by atoms with Crippen LogP contribution >= 0.6 is 0 Å². The molecule has 0 saturated carbocycles.